The van der Waals surface area contributed by atoms with Crippen molar-refractivity contribution in [1.29, 1.82) is 0 Å². The van der Waals surface area contributed by atoms with Crippen molar-refractivity contribution in [2.45, 2.75) is 51.5 Å². The fourth-order valence-electron chi connectivity index (χ4n) is 3.72. The Hall–Kier alpha value is -0.120. The maximum atomic E-state index is 6.11. The van der Waals surface area contributed by atoms with Gasteiger partial charge in [-0.2, -0.15) is 0 Å². The number of rotatable bonds is 5. The molecule has 106 valence electrons. The molecule has 3 nitrogen and oxygen atoms in total. The molecular weight excluding hydrogens is 224 g/mol. The molecule has 0 aromatic heterocycles. The number of likely N-dealkylation sites (tertiary alicyclic amines) is 1. The van der Waals surface area contributed by atoms with E-state index < -0.39 is 0 Å². The molecule has 0 aliphatic carbocycles. The van der Waals surface area contributed by atoms with E-state index in [4.69, 9.17) is 10.5 Å². The van der Waals surface area contributed by atoms with E-state index in [1.807, 2.05) is 0 Å². The van der Waals surface area contributed by atoms with Crippen molar-refractivity contribution in [1.82, 2.24) is 4.90 Å². The minimum absolute atomic E-state index is 0.160. The van der Waals surface area contributed by atoms with Gasteiger partial charge < -0.3 is 10.5 Å². The van der Waals surface area contributed by atoms with Gasteiger partial charge in [0.05, 0.1) is 6.61 Å². The number of hydrogen-bond donors (Lipinski definition) is 1. The molecule has 0 aromatic rings. The maximum Gasteiger partial charge on any atom is 0.0513 e. The molecule has 0 amide bonds. The van der Waals surface area contributed by atoms with Gasteiger partial charge in [-0.15, -0.1) is 0 Å². The highest BCUT2D eigenvalue weighted by molar-refractivity contribution is 4.96. The van der Waals surface area contributed by atoms with Crippen molar-refractivity contribution in [2.75, 3.05) is 32.8 Å². The van der Waals surface area contributed by atoms with Crippen LogP contribution in [0.3, 0.4) is 0 Å². The molecule has 2 aliphatic rings. The maximum absolute atomic E-state index is 6.11. The van der Waals surface area contributed by atoms with Crippen LogP contribution in [0.4, 0.5) is 0 Å². The van der Waals surface area contributed by atoms with Gasteiger partial charge >= 0.3 is 0 Å². The van der Waals surface area contributed by atoms with Crippen molar-refractivity contribution in [3.8, 4) is 0 Å². The van der Waals surface area contributed by atoms with Gasteiger partial charge in [-0.3, -0.25) is 4.90 Å². The normalized spacial score (nSPS) is 30.5. The molecule has 2 aliphatic heterocycles. The quantitative estimate of drug-likeness (QED) is 0.818. The monoisotopic (exact) mass is 254 g/mol. The lowest BCUT2D eigenvalue weighted by Gasteiger charge is -2.47. The Morgan fingerprint density at radius 3 is 2.50 bits per heavy atom. The summed E-state index contributed by atoms with van der Waals surface area (Å²) >= 11 is 0. The first-order valence-electron chi connectivity index (χ1n) is 7.73. The summed E-state index contributed by atoms with van der Waals surface area (Å²) in [5.41, 5.74) is 6.27. The number of nitrogens with two attached hydrogens (primary N) is 1. The predicted octanol–water partition coefficient (Wildman–Crippen LogP) is 2.25. The molecular formula is C15H30N2O. The molecule has 2 fully saturated rings. The number of nitrogens with zero attached hydrogens (tertiary/aromatic N) is 1. The standard InChI is InChI=1S/C15H30N2O/c1-3-4-13-5-8-17(9-6-13)15(2,12-16)14-7-10-18-11-14/h13-14H,3-12,16H2,1-2H3. The van der Waals surface area contributed by atoms with Crippen molar-refractivity contribution in [3.05, 3.63) is 0 Å². The second-order valence-electron chi connectivity index (χ2n) is 6.34. The van der Waals surface area contributed by atoms with E-state index in [1.165, 1.54) is 45.2 Å². The average molecular weight is 254 g/mol. The topological polar surface area (TPSA) is 38.5 Å². The molecule has 2 N–H and O–H groups in total. The molecule has 0 radical (unpaired) electrons. The first-order chi connectivity index (χ1) is 8.70. The van der Waals surface area contributed by atoms with E-state index in [-0.39, 0.29) is 5.54 Å². The summed E-state index contributed by atoms with van der Waals surface area (Å²) in [5.74, 6) is 1.58. The average Bonchev–Trinajstić information content (AvgIpc) is 2.93. The Labute approximate surface area is 112 Å². The third-order valence-electron chi connectivity index (χ3n) is 5.26. The van der Waals surface area contributed by atoms with Crippen LogP contribution in [0.2, 0.25) is 0 Å². The Kier molecular flexibility index (Phi) is 5.05. The summed E-state index contributed by atoms with van der Waals surface area (Å²) in [6.45, 7) is 9.71. The van der Waals surface area contributed by atoms with Crippen LogP contribution in [0.15, 0.2) is 0 Å². The summed E-state index contributed by atoms with van der Waals surface area (Å²) < 4.78 is 5.57. The molecule has 2 rings (SSSR count). The molecule has 3 heteroatoms. The summed E-state index contributed by atoms with van der Waals surface area (Å²) in [4.78, 5) is 2.65. The summed E-state index contributed by atoms with van der Waals surface area (Å²) in [7, 11) is 0. The molecule has 2 heterocycles. The van der Waals surface area contributed by atoms with Gasteiger partial charge in [-0.25, -0.2) is 0 Å². The Morgan fingerprint density at radius 2 is 2.00 bits per heavy atom. The van der Waals surface area contributed by atoms with Crippen LogP contribution in [0.1, 0.15) is 46.0 Å². The first kappa shape index (κ1) is 14.3. The molecule has 2 unspecified atom stereocenters. The van der Waals surface area contributed by atoms with E-state index in [9.17, 15) is 0 Å². The fraction of sp³-hybridized carbons (Fsp3) is 1.00. The lowest BCUT2D eigenvalue weighted by atomic mass is 9.80. The van der Waals surface area contributed by atoms with Crippen LogP contribution >= 0.6 is 0 Å². The minimum atomic E-state index is 0.160. The second-order valence-corrected chi connectivity index (χ2v) is 6.34. The third-order valence-corrected chi connectivity index (χ3v) is 5.26. The Morgan fingerprint density at radius 1 is 1.28 bits per heavy atom. The zero-order valence-corrected chi connectivity index (χ0v) is 12.2. The van der Waals surface area contributed by atoms with Crippen molar-refractivity contribution >= 4 is 0 Å². The predicted molar refractivity (Wildman–Crippen MR) is 75.6 cm³/mol. The van der Waals surface area contributed by atoms with Crippen LogP contribution in [0, 0.1) is 11.8 Å². The lowest BCUT2D eigenvalue weighted by molar-refractivity contribution is 0.0176. The molecule has 0 saturated carbocycles. The molecule has 0 spiro atoms. The Balaban J connectivity index is 1.92. The van der Waals surface area contributed by atoms with Gasteiger partial charge in [0.25, 0.3) is 0 Å². The summed E-state index contributed by atoms with van der Waals surface area (Å²) in [5, 5.41) is 0. The number of ether oxygens (including phenoxy) is 1. The van der Waals surface area contributed by atoms with E-state index in [0.29, 0.717) is 5.92 Å². The van der Waals surface area contributed by atoms with E-state index in [2.05, 4.69) is 18.7 Å². The van der Waals surface area contributed by atoms with E-state index in [1.54, 1.807) is 0 Å². The molecule has 0 bridgehead atoms. The first-order valence-corrected chi connectivity index (χ1v) is 7.73. The van der Waals surface area contributed by atoms with Crippen LogP contribution in [-0.2, 0) is 4.74 Å². The molecule has 2 saturated heterocycles. The SMILES string of the molecule is CCCC1CCN(C(C)(CN)C2CCOC2)CC1. The highest BCUT2D eigenvalue weighted by atomic mass is 16.5. The third kappa shape index (κ3) is 2.89. The largest absolute Gasteiger partial charge is 0.381 e. The lowest BCUT2D eigenvalue weighted by Crippen LogP contribution is -2.58. The smallest absolute Gasteiger partial charge is 0.0513 e. The van der Waals surface area contributed by atoms with Crippen LogP contribution in [-0.4, -0.2) is 43.3 Å². The van der Waals surface area contributed by atoms with Gasteiger partial charge in [-0.05, 0) is 45.2 Å². The van der Waals surface area contributed by atoms with E-state index in [0.717, 1.165) is 25.7 Å². The van der Waals surface area contributed by atoms with Gasteiger partial charge in [-0.1, -0.05) is 19.8 Å². The molecule has 0 aromatic carbocycles. The van der Waals surface area contributed by atoms with Crippen LogP contribution in [0.5, 0.6) is 0 Å². The zero-order valence-electron chi connectivity index (χ0n) is 12.2. The van der Waals surface area contributed by atoms with Gasteiger partial charge in [0, 0.05) is 24.6 Å². The van der Waals surface area contributed by atoms with Gasteiger partial charge in [0.1, 0.15) is 0 Å². The van der Waals surface area contributed by atoms with Gasteiger partial charge in [0.15, 0.2) is 0 Å². The van der Waals surface area contributed by atoms with Crippen LogP contribution < -0.4 is 5.73 Å². The Bertz CT molecular complexity index is 245. The van der Waals surface area contributed by atoms with Crippen molar-refractivity contribution in [2.24, 2.45) is 17.6 Å². The van der Waals surface area contributed by atoms with Crippen molar-refractivity contribution in [3.63, 3.8) is 0 Å². The number of hydrogen-bond acceptors (Lipinski definition) is 3. The number of piperidine rings is 1. The highest BCUT2D eigenvalue weighted by Gasteiger charge is 2.41. The molecule has 2 atom stereocenters. The van der Waals surface area contributed by atoms with Gasteiger partial charge in [0.2, 0.25) is 0 Å². The summed E-state index contributed by atoms with van der Waals surface area (Å²) in [6, 6.07) is 0. The van der Waals surface area contributed by atoms with Crippen molar-refractivity contribution < 1.29 is 4.74 Å². The zero-order chi connectivity index (χ0) is 13.0. The summed E-state index contributed by atoms with van der Waals surface area (Å²) in [6.07, 6.45) is 6.63. The van der Waals surface area contributed by atoms with E-state index >= 15 is 0 Å². The molecule has 18 heavy (non-hydrogen) atoms. The fourth-order valence-corrected chi connectivity index (χ4v) is 3.72. The minimum Gasteiger partial charge on any atom is -0.381 e. The van der Waals surface area contributed by atoms with Crippen LogP contribution in [0.25, 0.3) is 0 Å². The second kappa shape index (κ2) is 6.36. The highest BCUT2D eigenvalue weighted by Crippen LogP contribution is 2.34.